The van der Waals surface area contributed by atoms with E-state index in [2.05, 4.69) is 5.32 Å². The van der Waals surface area contributed by atoms with Gasteiger partial charge in [-0.25, -0.2) is 0 Å². The van der Waals surface area contributed by atoms with Gasteiger partial charge in [0.15, 0.2) is 0 Å². The van der Waals surface area contributed by atoms with Gasteiger partial charge in [-0.1, -0.05) is 0 Å². The molecule has 102 valence electrons. The summed E-state index contributed by atoms with van der Waals surface area (Å²) in [6.45, 7) is 5.57. The van der Waals surface area contributed by atoms with Crippen molar-refractivity contribution in [2.24, 2.45) is 11.1 Å². The van der Waals surface area contributed by atoms with E-state index in [0.717, 1.165) is 0 Å². The first-order chi connectivity index (χ1) is 7.54. The van der Waals surface area contributed by atoms with Gasteiger partial charge < -0.3 is 11.1 Å². The van der Waals surface area contributed by atoms with E-state index in [1.165, 1.54) is 0 Å². The highest BCUT2D eigenvalue weighted by molar-refractivity contribution is 5.80. The minimum absolute atomic E-state index is 0.0593. The third-order valence-corrected chi connectivity index (χ3v) is 2.66. The summed E-state index contributed by atoms with van der Waals surface area (Å²) in [5.74, 6) is -0.424. The highest BCUT2D eigenvalue weighted by atomic mass is 19.4. The number of carbonyl (C=O) groups is 1. The molecule has 0 spiro atoms. The van der Waals surface area contributed by atoms with Gasteiger partial charge in [-0.3, -0.25) is 4.79 Å². The average molecular weight is 254 g/mol. The predicted molar refractivity (Wildman–Crippen MR) is 60.3 cm³/mol. The Morgan fingerprint density at radius 1 is 1.35 bits per heavy atom. The molecule has 0 aliphatic carbocycles. The second-order valence-electron chi connectivity index (χ2n) is 5.04. The molecule has 0 heterocycles. The Labute approximate surface area is 99.9 Å². The molecule has 0 aromatic heterocycles. The van der Waals surface area contributed by atoms with E-state index in [1.54, 1.807) is 20.8 Å². The fourth-order valence-electron chi connectivity index (χ4n) is 1.23. The van der Waals surface area contributed by atoms with E-state index in [4.69, 9.17) is 5.73 Å². The van der Waals surface area contributed by atoms with Gasteiger partial charge in [0, 0.05) is 19.0 Å². The summed E-state index contributed by atoms with van der Waals surface area (Å²) >= 11 is 0. The second-order valence-corrected chi connectivity index (χ2v) is 5.04. The summed E-state index contributed by atoms with van der Waals surface area (Å²) in [6, 6.07) is -0.0593. The van der Waals surface area contributed by atoms with Crippen LogP contribution in [-0.2, 0) is 4.79 Å². The van der Waals surface area contributed by atoms with Gasteiger partial charge in [0.25, 0.3) is 0 Å². The highest BCUT2D eigenvalue weighted by Gasteiger charge is 2.27. The fourth-order valence-corrected chi connectivity index (χ4v) is 1.23. The number of nitrogens with one attached hydrogen (secondary N) is 1. The van der Waals surface area contributed by atoms with E-state index in [9.17, 15) is 18.0 Å². The summed E-state index contributed by atoms with van der Waals surface area (Å²) in [5, 5.41) is 3.02. The number of primary amides is 1. The van der Waals surface area contributed by atoms with Crippen molar-refractivity contribution in [3.63, 3.8) is 0 Å². The number of hydrogen-bond donors (Lipinski definition) is 2. The van der Waals surface area contributed by atoms with Gasteiger partial charge in [0.05, 0.1) is 5.41 Å². The molecule has 0 aliphatic heterocycles. The van der Waals surface area contributed by atoms with E-state index in [1.807, 2.05) is 0 Å². The van der Waals surface area contributed by atoms with Crippen molar-refractivity contribution in [1.82, 2.24) is 5.32 Å². The fraction of sp³-hybridized carbons (Fsp3) is 0.909. The molecule has 6 heteroatoms. The molecule has 1 unspecified atom stereocenters. The zero-order chi connectivity index (χ0) is 13.7. The van der Waals surface area contributed by atoms with Gasteiger partial charge in [-0.05, 0) is 33.6 Å². The number of rotatable bonds is 7. The summed E-state index contributed by atoms with van der Waals surface area (Å²) in [4.78, 5) is 11.0. The summed E-state index contributed by atoms with van der Waals surface area (Å²) in [5.41, 5.74) is 4.50. The summed E-state index contributed by atoms with van der Waals surface area (Å²) < 4.78 is 35.7. The van der Waals surface area contributed by atoms with Gasteiger partial charge in [0.2, 0.25) is 5.91 Å². The summed E-state index contributed by atoms with van der Waals surface area (Å²) in [7, 11) is 0. The lowest BCUT2D eigenvalue weighted by atomic mass is 9.92. The SMILES string of the molecule is CC(CCCC(F)(F)F)NCC(C)(C)C(N)=O. The lowest BCUT2D eigenvalue weighted by molar-refractivity contribution is -0.135. The third kappa shape index (κ3) is 8.01. The zero-order valence-electron chi connectivity index (χ0n) is 10.5. The molecule has 0 radical (unpaired) electrons. The first-order valence-corrected chi connectivity index (χ1v) is 5.64. The number of alkyl halides is 3. The van der Waals surface area contributed by atoms with E-state index < -0.39 is 23.9 Å². The third-order valence-electron chi connectivity index (χ3n) is 2.66. The number of hydrogen-bond acceptors (Lipinski definition) is 2. The number of carbonyl (C=O) groups excluding carboxylic acids is 1. The first-order valence-electron chi connectivity index (χ1n) is 5.64. The van der Waals surface area contributed by atoms with Crippen LogP contribution in [0.25, 0.3) is 0 Å². The van der Waals surface area contributed by atoms with Crippen molar-refractivity contribution < 1.29 is 18.0 Å². The molecule has 1 amide bonds. The Balaban J connectivity index is 3.81. The molecular formula is C11H21F3N2O. The predicted octanol–water partition coefficient (Wildman–Crippen LogP) is 2.21. The largest absolute Gasteiger partial charge is 0.389 e. The maximum atomic E-state index is 11.9. The zero-order valence-corrected chi connectivity index (χ0v) is 10.5. The minimum Gasteiger partial charge on any atom is -0.369 e. The standard InChI is InChI=1S/C11H21F3N2O/c1-8(5-4-6-11(12,13)14)16-7-10(2,3)9(15)17/h8,16H,4-7H2,1-3H3,(H2,15,17). The smallest absolute Gasteiger partial charge is 0.369 e. The van der Waals surface area contributed by atoms with E-state index in [0.29, 0.717) is 13.0 Å². The Kier molecular flexibility index (Phi) is 5.95. The molecular weight excluding hydrogens is 233 g/mol. The van der Waals surface area contributed by atoms with Crippen LogP contribution in [0.15, 0.2) is 0 Å². The van der Waals surface area contributed by atoms with Crippen molar-refractivity contribution >= 4 is 5.91 Å². The number of amides is 1. The van der Waals surface area contributed by atoms with Crippen LogP contribution >= 0.6 is 0 Å². The Morgan fingerprint density at radius 3 is 2.29 bits per heavy atom. The molecule has 0 rings (SSSR count). The minimum atomic E-state index is -4.09. The maximum Gasteiger partial charge on any atom is 0.389 e. The topological polar surface area (TPSA) is 55.1 Å². The van der Waals surface area contributed by atoms with Crippen molar-refractivity contribution in [1.29, 1.82) is 0 Å². The summed E-state index contributed by atoms with van der Waals surface area (Å²) in [6.07, 6.45) is -4.34. The molecule has 3 N–H and O–H groups in total. The molecule has 0 aliphatic rings. The van der Waals surface area contributed by atoms with Gasteiger partial charge >= 0.3 is 6.18 Å². The number of halogens is 3. The maximum absolute atomic E-state index is 11.9. The highest BCUT2D eigenvalue weighted by Crippen LogP contribution is 2.22. The van der Waals surface area contributed by atoms with Gasteiger partial charge in [-0.15, -0.1) is 0 Å². The lowest BCUT2D eigenvalue weighted by Crippen LogP contribution is -2.43. The van der Waals surface area contributed by atoms with Crippen LogP contribution in [0.5, 0.6) is 0 Å². The molecule has 0 bridgehead atoms. The first kappa shape index (κ1) is 16.2. The van der Waals surface area contributed by atoms with E-state index in [-0.39, 0.29) is 12.5 Å². The van der Waals surface area contributed by atoms with Crippen LogP contribution in [0, 0.1) is 5.41 Å². The van der Waals surface area contributed by atoms with Crippen molar-refractivity contribution in [2.75, 3.05) is 6.54 Å². The van der Waals surface area contributed by atoms with Crippen LogP contribution in [0.2, 0.25) is 0 Å². The van der Waals surface area contributed by atoms with Crippen molar-refractivity contribution in [3.8, 4) is 0 Å². The lowest BCUT2D eigenvalue weighted by Gasteiger charge is -2.24. The Hall–Kier alpha value is -0.780. The monoisotopic (exact) mass is 254 g/mol. The van der Waals surface area contributed by atoms with Crippen LogP contribution in [0.1, 0.15) is 40.0 Å². The molecule has 17 heavy (non-hydrogen) atoms. The van der Waals surface area contributed by atoms with Gasteiger partial charge in [-0.2, -0.15) is 13.2 Å². The second kappa shape index (κ2) is 6.23. The van der Waals surface area contributed by atoms with Gasteiger partial charge in [0.1, 0.15) is 0 Å². The molecule has 0 aromatic carbocycles. The molecule has 0 fully saturated rings. The normalized spacial score (nSPS) is 14.7. The molecule has 0 saturated carbocycles. The molecule has 3 nitrogen and oxygen atoms in total. The molecule has 0 saturated heterocycles. The van der Waals surface area contributed by atoms with Crippen LogP contribution in [0.3, 0.4) is 0 Å². The Morgan fingerprint density at radius 2 is 1.88 bits per heavy atom. The van der Waals surface area contributed by atoms with Crippen LogP contribution in [-0.4, -0.2) is 24.7 Å². The van der Waals surface area contributed by atoms with E-state index >= 15 is 0 Å². The van der Waals surface area contributed by atoms with Crippen LogP contribution in [0.4, 0.5) is 13.2 Å². The molecule has 1 atom stereocenters. The van der Waals surface area contributed by atoms with Crippen molar-refractivity contribution in [3.05, 3.63) is 0 Å². The van der Waals surface area contributed by atoms with Crippen LogP contribution < -0.4 is 11.1 Å². The Bertz CT molecular complexity index is 252. The average Bonchev–Trinajstić information content (AvgIpc) is 2.12. The molecule has 0 aromatic rings. The quantitative estimate of drug-likeness (QED) is 0.732. The number of nitrogens with two attached hydrogens (primary N) is 1. The van der Waals surface area contributed by atoms with Crippen molar-refractivity contribution in [2.45, 2.75) is 52.3 Å².